The molecule has 0 aliphatic heterocycles. The van der Waals surface area contributed by atoms with E-state index in [4.69, 9.17) is 4.42 Å². The highest BCUT2D eigenvalue weighted by molar-refractivity contribution is 5.16. The second kappa shape index (κ2) is 5.69. The number of furan rings is 1. The summed E-state index contributed by atoms with van der Waals surface area (Å²) < 4.78 is 5.62. The molecule has 0 bridgehead atoms. The van der Waals surface area contributed by atoms with Crippen molar-refractivity contribution in [3.8, 4) is 0 Å². The molecule has 0 radical (unpaired) electrons. The Balaban J connectivity index is 1.97. The van der Waals surface area contributed by atoms with Crippen molar-refractivity contribution in [1.29, 1.82) is 0 Å². The lowest BCUT2D eigenvalue weighted by Gasteiger charge is -2.25. The Bertz CT molecular complexity index is 342. The molecule has 0 spiro atoms. The summed E-state index contributed by atoms with van der Waals surface area (Å²) in [7, 11) is 1.97. The molecule has 96 valence electrons. The Labute approximate surface area is 104 Å². The predicted molar refractivity (Wildman–Crippen MR) is 69.7 cm³/mol. The first-order chi connectivity index (χ1) is 8.20. The maximum Gasteiger partial charge on any atom is 0.122 e. The van der Waals surface area contributed by atoms with Crippen LogP contribution in [0.15, 0.2) is 16.7 Å². The fraction of sp³-hybridized carbons (Fsp3) is 0.714. The molecular weight excluding hydrogens is 212 g/mol. The highest BCUT2D eigenvalue weighted by Crippen LogP contribution is 2.31. The normalized spacial score (nSPS) is 16.1. The van der Waals surface area contributed by atoms with Crippen LogP contribution in [0.3, 0.4) is 0 Å². The van der Waals surface area contributed by atoms with Crippen molar-refractivity contribution < 1.29 is 4.42 Å². The van der Waals surface area contributed by atoms with Crippen LogP contribution in [-0.4, -0.2) is 24.5 Å². The Morgan fingerprint density at radius 3 is 2.82 bits per heavy atom. The molecule has 1 fully saturated rings. The van der Waals surface area contributed by atoms with Crippen LogP contribution >= 0.6 is 0 Å². The summed E-state index contributed by atoms with van der Waals surface area (Å²) in [5.74, 6) is 2.05. The summed E-state index contributed by atoms with van der Waals surface area (Å²) in [6.07, 6.45) is 4.62. The van der Waals surface area contributed by atoms with Gasteiger partial charge in [-0.25, -0.2) is 0 Å². The first kappa shape index (κ1) is 12.7. The molecule has 1 aliphatic carbocycles. The van der Waals surface area contributed by atoms with Crippen LogP contribution in [0.5, 0.6) is 0 Å². The molecule has 0 amide bonds. The average Bonchev–Trinajstić information content (AvgIpc) is 3.00. The van der Waals surface area contributed by atoms with Gasteiger partial charge < -0.3 is 9.73 Å². The van der Waals surface area contributed by atoms with E-state index in [1.165, 1.54) is 24.9 Å². The van der Waals surface area contributed by atoms with E-state index < -0.39 is 0 Å². The second-order valence-electron chi connectivity index (χ2n) is 5.37. The molecule has 1 N–H and O–H groups in total. The van der Waals surface area contributed by atoms with Crippen molar-refractivity contribution in [2.24, 2.45) is 5.92 Å². The molecule has 2 rings (SSSR count). The van der Waals surface area contributed by atoms with Crippen molar-refractivity contribution in [2.75, 3.05) is 13.6 Å². The predicted octanol–water partition coefficient (Wildman–Crippen LogP) is 2.62. The highest BCUT2D eigenvalue weighted by Gasteiger charge is 2.26. The van der Waals surface area contributed by atoms with Crippen LogP contribution < -0.4 is 5.32 Å². The first-order valence-electron chi connectivity index (χ1n) is 6.64. The maximum absolute atomic E-state index is 5.62. The summed E-state index contributed by atoms with van der Waals surface area (Å²) in [6.45, 7) is 7.59. The van der Waals surface area contributed by atoms with Gasteiger partial charge in [-0.05, 0) is 45.7 Å². The molecule has 17 heavy (non-hydrogen) atoms. The van der Waals surface area contributed by atoms with Gasteiger partial charge in [0.05, 0.1) is 12.8 Å². The summed E-state index contributed by atoms with van der Waals surface area (Å²) in [5.41, 5.74) is 1.29. The minimum atomic E-state index is 0.586. The molecule has 0 saturated heterocycles. The third kappa shape index (κ3) is 3.58. The molecule has 1 heterocycles. The topological polar surface area (TPSA) is 28.4 Å². The van der Waals surface area contributed by atoms with Crippen LogP contribution in [0.2, 0.25) is 0 Å². The zero-order chi connectivity index (χ0) is 12.3. The fourth-order valence-electron chi connectivity index (χ4n) is 2.13. The Morgan fingerprint density at radius 2 is 2.24 bits per heavy atom. The lowest BCUT2D eigenvalue weighted by atomic mass is 10.2. The van der Waals surface area contributed by atoms with Crippen molar-refractivity contribution in [3.05, 3.63) is 23.7 Å². The molecule has 1 aliphatic rings. The number of hydrogen-bond acceptors (Lipinski definition) is 3. The Kier molecular flexibility index (Phi) is 4.24. The second-order valence-corrected chi connectivity index (χ2v) is 5.37. The van der Waals surface area contributed by atoms with Gasteiger partial charge in [0.1, 0.15) is 5.76 Å². The van der Waals surface area contributed by atoms with Crippen LogP contribution in [0, 0.1) is 5.92 Å². The van der Waals surface area contributed by atoms with Crippen LogP contribution in [0.25, 0.3) is 0 Å². The zero-order valence-corrected chi connectivity index (χ0v) is 11.2. The summed E-state index contributed by atoms with van der Waals surface area (Å²) in [5, 5.41) is 3.19. The van der Waals surface area contributed by atoms with E-state index in [0.717, 1.165) is 24.8 Å². The Hall–Kier alpha value is -0.800. The third-order valence-electron chi connectivity index (χ3n) is 3.47. The van der Waals surface area contributed by atoms with E-state index in [9.17, 15) is 0 Å². The van der Waals surface area contributed by atoms with E-state index in [1.807, 2.05) is 7.05 Å². The van der Waals surface area contributed by atoms with Gasteiger partial charge in [0, 0.05) is 24.7 Å². The Morgan fingerprint density at radius 1 is 1.47 bits per heavy atom. The smallest absolute Gasteiger partial charge is 0.122 e. The molecule has 1 saturated carbocycles. The van der Waals surface area contributed by atoms with E-state index in [1.54, 1.807) is 6.26 Å². The molecule has 0 unspecified atom stereocenters. The number of rotatable bonds is 7. The van der Waals surface area contributed by atoms with Crippen molar-refractivity contribution in [2.45, 2.75) is 45.8 Å². The molecule has 1 aromatic heterocycles. The molecule has 3 nitrogen and oxygen atoms in total. The first-order valence-corrected chi connectivity index (χ1v) is 6.64. The molecular formula is C14H24N2O. The van der Waals surface area contributed by atoms with Crippen molar-refractivity contribution >= 4 is 0 Å². The quantitative estimate of drug-likeness (QED) is 0.789. The minimum Gasteiger partial charge on any atom is -0.468 e. The van der Waals surface area contributed by atoms with E-state index in [2.05, 4.69) is 30.1 Å². The summed E-state index contributed by atoms with van der Waals surface area (Å²) in [6, 6.07) is 2.66. The van der Waals surface area contributed by atoms with Gasteiger partial charge in [-0.1, -0.05) is 0 Å². The number of nitrogens with one attached hydrogen (secondary N) is 1. The van der Waals surface area contributed by atoms with Crippen molar-refractivity contribution in [1.82, 2.24) is 10.2 Å². The molecule has 0 atom stereocenters. The number of nitrogens with zero attached hydrogens (tertiary/aromatic N) is 1. The highest BCUT2D eigenvalue weighted by atomic mass is 16.3. The van der Waals surface area contributed by atoms with Crippen LogP contribution in [-0.2, 0) is 13.1 Å². The average molecular weight is 236 g/mol. The lowest BCUT2D eigenvalue weighted by molar-refractivity contribution is 0.187. The molecule has 1 aromatic rings. The zero-order valence-electron chi connectivity index (χ0n) is 11.2. The van der Waals surface area contributed by atoms with Gasteiger partial charge in [0.2, 0.25) is 0 Å². The monoisotopic (exact) mass is 236 g/mol. The van der Waals surface area contributed by atoms with Gasteiger partial charge in [0.15, 0.2) is 0 Å². The van der Waals surface area contributed by atoms with Gasteiger partial charge in [-0.2, -0.15) is 0 Å². The third-order valence-corrected chi connectivity index (χ3v) is 3.47. The van der Waals surface area contributed by atoms with E-state index >= 15 is 0 Å². The molecule has 0 aromatic carbocycles. The number of hydrogen-bond donors (Lipinski definition) is 1. The fourth-order valence-corrected chi connectivity index (χ4v) is 2.13. The van der Waals surface area contributed by atoms with E-state index in [0.29, 0.717) is 6.04 Å². The van der Waals surface area contributed by atoms with Crippen LogP contribution in [0.1, 0.15) is 38.0 Å². The standard InChI is InChI=1S/C14H24N2O/c1-11(2)16(9-12-4-5-12)10-14-13(8-15-3)6-7-17-14/h6-7,11-12,15H,4-5,8-10H2,1-3H3. The van der Waals surface area contributed by atoms with Gasteiger partial charge >= 0.3 is 0 Å². The minimum absolute atomic E-state index is 0.586. The SMILES string of the molecule is CNCc1ccoc1CN(CC1CC1)C(C)C. The summed E-state index contributed by atoms with van der Waals surface area (Å²) in [4.78, 5) is 2.52. The van der Waals surface area contributed by atoms with Gasteiger partial charge in [-0.3, -0.25) is 4.90 Å². The largest absolute Gasteiger partial charge is 0.468 e. The molecule has 3 heteroatoms. The van der Waals surface area contributed by atoms with Crippen LogP contribution in [0.4, 0.5) is 0 Å². The van der Waals surface area contributed by atoms with Crippen molar-refractivity contribution in [3.63, 3.8) is 0 Å². The lowest BCUT2D eigenvalue weighted by Crippen LogP contribution is -2.32. The van der Waals surface area contributed by atoms with E-state index in [-0.39, 0.29) is 0 Å². The van der Waals surface area contributed by atoms with Gasteiger partial charge in [0.25, 0.3) is 0 Å². The summed E-state index contributed by atoms with van der Waals surface area (Å²) >= 11 is 0. The van der Waals surface area contributed by atoms with Gasteiger partial charge in [-0.15, -0.1) is 0 Å². The maximum atomic E-state index is 5.62.